The zero-order chi connectivity index (χ0) is 17.5. The molecule has 3 rings (SSSR count). The van der Waals surface area contributed by atoms with Gasteiger partial charge in [-0.05, 0) is 37.4 Å². The summed E-state index contributed by atoms with van der Waals surface area (Å²) >= 11 is 0. The Kier molecular flexibility index (Phi) is 6.19. The summed E-state index contributed by atoms with van der Waals surface area (Å²) in [7, 11) is 0. The highest BCUT2D eigenvalue weighted by molar-refractivity contribution is 5.38. The number of nitrogens with zero attached hydrogens (tertiary/aromatic N) is 4. The second-order valence-corrected chi connectivity index (χ2v) is 6.52. The van der Waals surface area contributed by atoms with Gasteiger partial charge in [-0.2, -0.15) is 4.98 Å². The van der Waals surface area contributed by atoms with Crippen LogP contribution in [-0.2, 0) is 6.42 Å². The highest BCUT2D eigenvalue weighted by atomic mass is 16.3. The zero-order valence-corrected chi connectivity index (χ0v) is 14.6. The van der Waals surface area contributed by atoms with Crippen molar-refractivity contribution < 1.29 is 5.11 Å². The molecule has 1 atom stereocenters. The molecule has 25 heavy (non-hydrogen) atoms. The van der Waals surface area contributed by atoms with Crippen molar-refractivity contribution in [3.8, 4) is 0 Å². The smallest absolute Gasteiger partial charge is 0.227 e. The van der Waals surface area contributed by atoms with Crippen LogP contribution in [0.3, 0.4) is 0 Å². The molecule has 1 unspecified atom stereocenters. The summed E-state index contributed by atoms with van der Waals surface area (Å²) in [5.74, 6) is 1.18. The first-order valence-corrected chi connectivity index (χ1v) is 8.98. The van der Waals surface area contributed by atoms with Gasteiger partial charge >= 0.3 is 0 Å². The number of hydrogen-bond donors (Lipinski definition) is 2. The maximum absolute atomic E-state index is 9.44. The molecular weight excluding hydrogens is 314 g/mol. The van der Waals surface area contributed by atoms with E-state index in [4.69, 9.17) is 5.73 Å². The fraction of sp³-hybridized carbons (Fsp3) is 0.474. The van der Waals surface area contributed by atoms with Gasteiger partial charge < -0.3 is 15.7 Å². The number of benzene rings is 1. The molecule has 0 saturated carbocycles. The quantitative estimate of drug-likeness (QED) is 0.796. The monoisotopic (exact) mass is 341 g/mol. The van der Waals surface area contributed by atoms with Gasteiger partial charge in [0, 0.05) is 38.5 Å². The molecule has 6 nitrogen and oxygen atoms in total. The SMILES string of the molecule is Nc1ccnc(N2CCN(CCCc3ccccc3)C(CCO)C2)n1. The largest absolute Gasteiger partial charge is 0.396 e. The van der Waals surface area contributed by atoms with Crippen molar-refractivity contribution >= 4 is 11.8 Å². The summed E-state index contributed by atoms with van der Waals surface area (Å²) in [5.41, 5.74) is 7.16. The molecule has 1 fully saturated rings. The van der Waals surface area contributed by atoms with Gasteiger partial charge in [0.25, 0.3) is 0 Å². The van der Waals surface area contributed by atoms with Crippen LogP contribution in [0, 0.1) is 0 Å². The van der Waals surface area contributed by atoms with E-state index >= 15 is 0 Å². The van der Waals surface area contributed by atoms with Gasteiger partial charge in [0.05, 0.1) is 0 Å². The lowest BCUT2D eigenvalue weighted by Gasteiger charge is -2.41. The Morgan fingerprint density at radius 2 is 2.00 bits per heavy atom. The Morgan fingerprint density at radius 1 is 1.16 bits per heavy atom. The van der Waals surface area contributed by atoms with E-state index in [2.05, 4.69) is 50.1 Å². The third-order valence-electron chi connectivity index (χ3n) is 4.77. The van der Waals surface area contributed by atoms with E-state index in [-0.39, 0.29) is 6.61 Å². The van der Waals surface area contributed by atoms with Gasteiger partial charge in [-0.15, -0.1) is 0 Å². The molecule has 134 valence electrons. The minimum atomic E-state index is 0.200. The third kappa shape index (κ3) is 4.90. The maximum atomic E-state index is 9.44. The van der Waals surface area contributed by atoms with E-state index in [1.54, 1.807) is 12.3 Å². The van der Waals surface area contributed by atoms with Crippen LogP contribution in [0.2, 0.25) is 0 Å². The molecule has 6 heteroatoms. The molecule has 0 radical (unpaired) electrons. The summed E-state index contributed by atoms with van der Waals surface area (Å²) in [5, 5.41) is 9.44. The summed E-state index contributed by atoms with van der Waals surface area (Å²) in [6.45, 7) is 3.92. The predicted octanol–water partition coefficient (Wildman–Crippen LogP) is 1.56. The van der Waals surface area contributed by atoms with Crippen LogP contribution in [-0.4, -0.2) is 58.8 Å². The van der Waals surface area contributed by atoms with Gasteiger partial charge in [0.1, 0.15) is 5.82 Å². The van der Waals surface area contributed by atoms with Crippen molar-refractivity contribution in [2.24, 2.45) is 0 Å². The summed E-state index contributed by atoms with van der Waals surface area (Å²) in [6.07, 6.45) is 4.68. The standard InChI is InChI=1S/C19H27N5O/c20-18-8-10-21-19(22-18)24-13-12-23(17(15-24)9-14-25)11-4-7-16-5-2-1-3-6-16/h1-3,5-6,8,10,17,25H,4,7,9,11-15H2,(H2,20,21,22). The first kappa shape index (κ1) is 17.6. The van der Waals surface area contributed by atoms with Gasteiger partial charge in [0.2, 0.25) is 5.95 Å². The van der Waals surface area contributed by atoms with Gasteiger partial charge in [-0.25, -0.2) is 4.98 Å². The Morgan fingerprint density at radius 3 is 2.76 bits per heavy atom. The first-order valence-electron chi connectivity index (χ1n) is 8.98. The number of anilines is 2. The van der Waals surface area contributed by atoms with Crippen molar-refractivity contribution in [3.63, 3.8) is 0 Å². The van der Waals surface area contributed by atoms with Crippen molar-refractivity contribution in [1.29, 1.82) is 0 Å². The highest BCUT2D eigenvalue weighted by Gasteiger charge is 2.27. The summed E-state index contributed by atoms with van der Waals surface area (Å²) < 4.78 is 0. The molecule has 0 spiro atoms. The van der Waals surface area contributed by atoms with E-state index in [9.17, 15) is 5.11 Å². The van der Waals surface area contributed by atoms with Gasteiger partial charge in [-0.3, -0.25) is 4.90 Å². The molecule has 1 aliphatic rings. The van der Waals surface area contributed by atoms with Gasteiger partial charge in [-0.1, -0.05) is 30.3 Å². The van der Waals surface area contributed by atoms with Crippen LogP contribution in [0.1, 0.15) is 18.4 Å². The molecule has 1 aromatic heterocycles. The Hall–Kier alpha value is -2.18. The van der Waals surface area contributed by atoms with Crippen molar-refractivity contribution in [3.05, 3.63) is 48.2 Å². The predicted molar refractivity (Wildman–Crippen MR) is 100 cm³/mol. The van der Waals surface area contributed by atoms with E-state index in [0.717, 1.165) is 45.4 Å². The molecule has 2 heterocycles. The Bertz CT molecular complexity index is 651. The van der Waals surface area contributed by atoms with Crippen molar-refractivity contribution in [1.82, 2.24) is 14.9 Å². The average Bonchev–Trinajstić information content (AvgIpc) is 2.64. The number of aliphatic hydroxyl groups is 1. The van der Waals surface area contributed by atoms with Crippen LogP contribution >= 0.6 is 0 Å². The Balaban J connectivity index is 1.56. The molecule has 1 saturated heterocycles. The fourth-order valence-electron chi connectivity index (χ4n) is 3.44. The summed E-state index contributed by atoms with van der Waals surface area (Å²) in [6, 6.07) is 12.6. The lowest BCUT2D eigenvalue weighted by molar-refractivity contribution is 0.140. The van der Waals surface area contributed by atoms with Crippen LogP contribution < -0.4 is 10.6 Å². The number of aliphatic hydroxyl groups excluding tert-OH is 1. The molecule has 1 aromatic carbocycles. The second-order valence-electron chi connectivity index (χ2n) is 6.52. The molecule has 0 aliphatic carbocycles. The number of nitrogens with two attached hydrogens (primary N) is 1. The molecule has 0 bridgehead atoms. The third-order valence-corrected chi connectivity index (χ3v) is 4.77. The lowest BCUT2D eigenvalue weighted by Crippen LogP contribution is -2.54. The van der Waals surface area contributed by atoms with Crippen molar-refractivity contribution in [2.45, 2.75) is 25.3 Å². The normalized spacial score (nSPS) is 18.4. The molecule has 0 amide bonds. The fourth-order valence-corrected chi connectivity index (χ4v) is 3.44. The molecule has 3 N–H and O–H groups in total. The van der Waals surface area contributed by atoms with E-state index in [1.807, 2.05) is 0 Å². The van der Waals surface area contributed by atoms with Crippen molar-refractivity contribution in [2.75, 3.05) is 43.4 Å². The average molecular weight is 341 g/mol. The molecule has 1 aliphatic heterocycles. The summed E-state index contributed by atoms with van der Waals surface area (Å²) in [4.78, 5) is 13.3. The molecular formula is C19H27N5O. The highest BCUT2D eigenvalue weighted by Crippen LogP contribution is 2.18. The van der Waals surface area contributed by atoms with E-state index in [1.165, 1.54) is 5.56 Å². The number of rotatable bonds is 7. The Labute approximate surface area is 149 Å². The minimum absolute atomic E-state index is 0.200. The maximum Gasteiger partial charge on any atom is 0.227 e. The van der Waals surface area contributed by atoms with E-state index < -0.39 is 0 Å². The number of hydrogen-bond acceptors (Lipinski definition) is 6. The van der Waals surface area contributed by atoms with Crippen LogP contribution in [0.25, 0.3) is 0 Å². The molecule has 2 aromatic rings. The number of piperazine rings is 1. The topological polar surface area (TPSA) is 78.5 Å². The zero-order valence-electron chi connectivity index (χ0n) is 14.6. The number of nitrogen functional groups attached to an aromatic ring is 1. The second kappa shape index (κ2) is 8.78. The number of aromatic nitrogens is 2. The lowest BCUT2D eigenvalue weighted by atomic mass is 10.1. The van der Waals surface area contributed by atoms with Crippen LogP contribution in [0.15, 0.2) is 42.6 Å². The minimum Gasteiger partial charge on any atom is -0.396 e. The van der Waals surface area contributed by atoms with E-state index in [0.29, 0.717) is 17.8 Å². The van der Waals surface area contributed by atoms with Crippen LogP contribution in [0.4, 0.5) is 11.8 Å². The number of aryl methyl sites for hydroxylation is 1. The van der Waals surface area contributed by atoms with Crippen LogP contribution in [0.5, 0.6) is 0 Å². The van der Waals surface area contributed by atoms with Gasteiger partial charge in [0.15, 0.2) is 0 Å². The first-order chi connectivity index (χ1) is 12.3.